The third-order valence-corrected chi connectivity index (χ3v) is 2.92. The van der Waals surface area contributed by atoms with E-state index in [-0.39, 0.29) is 11.7 Å². The molecule has 1 aliphatic rings. The van der Waals surface area contributed by atoms with Gasteiger partial charge in [0.1, 0.15) is 0 Å². The maximum absolute atomic E-state index is 13.2. The summed E-state index contributed by atoms with van der Waals surface area (Å²) >= 11 is 0. The van der Waals surface area contributed by atoms with E-state index in [0.29, 0.717) is 6.42 Å². The fourth-order valence-corrected chi connectivity index (χ4v) is 2.00. The summed E-state index contributed by atoms with van der Waals surface area (Å²) in [6, 6.07) is 0. The summed E-state index contributed by atoms with van der Waals surface area (Å²) in [5, 5.41) is 6.28. The summed E-state index contributed by atoms with van der Waals surface area (Å²) < 4.78 is 14.6. The van der Waals surface area contributed by atoms with E-state index in [1.165, 1.54) is 11.1 Å². The van der Waals surface area contributed by atoms with E-state index in [2.05, 4.69) is 16.5 Å². The molecule has 2 rings (SSSR count). The predicted octanol–water partition coefficient (Wildman–Crippen LogP) is 2.39. The van der Waals surface area contributed by atoms with Gasteiger partial charge in [0.15, 0.2) is 11.6 Å². The fraction of sp³-hybridized carbons (Fsp3) is 0.500. The van der Waals surface area contributed by atoms with Crippen molar-refractivity contribution >= 4 is 11.7 Å². The minimum absolute atomic E-state index is 0.131. The van der Waals surface area contributed by atoms with E-state index in [4.69, 9.17) is 0 Å². The van der Waals surface area contributed by atoms with Gasteiger partial charge in [0.2, 0.25) is 5.91 Å². The first-order chi connectivity index (χ1) is 8.16. The lowest BCUT2D eigenvalue weighted by atomic mass is 9.97. The number of hydrogen-bond donors (Lipinski definition) is 1. The molecule has 0 saturated heterocycles. The summed E-state index contributed by atoms with van der Waals surface area (Å²) in [5.74, 6) is -0.550. The number of amides is 1. The minimum Gasteiger partial charge on any atom is -0.308 e. The molecular formula is C12H16FN3O. The molecule has 1 aliphatic carbocycles. The van der Waals surface area contributed by atoms with Gasteiger partial charge in [0, 0.05) is 13.5 Å². The zero-order valence-corrected chi connectivity index (χ0v) is 9.87. The second kappa shape index (κ2) is 5.12. The topological polar surface area (TPSA) is 46.9 Å². The Morgan fingerprint density at radius 2 is 2.41 bits per heavy atom. The Morgan fingerprint density at radius 3 is 3.00 bits per heavy atom. The van der Waals surface area contributed by atoms with Gasteiger partial charge in [-0.05, 0) is 25.7 Å². The average Bonchev–Trinajstić information content (AvgIpc) is 2.62. The highest BCUT2D eigenvalue weighted by atomic mass is 19.1. The van der Waals surface area contributed by atoms with Crippen molar-refractivity contribution in [2.24, 2.45) is 7.05 Å². The fourth-order valence-electron chi connectivity index (χ4n) is 2.00. The van der Waals surface area contributed by atoms with E-state index < -0.39 is 5.82 Å². The van der Waals surface area contributed by atoms with Crippen molar-refractivity contribution in [2.45, 2.75) is 32.1 Å². The first-order valence-electron chi connectivity index (χ1n) is 5.82. The maximum Gasteiger partial charge on any atom is 0.229 e. The van der Waals surface area contributed by atoms with Crippen LogP contribution in [0.25, 0.3) is 0 Å². The average molecular weight is 237 g/mol. The van der Waals surface area contributed by atoms with Crippen molar-refractivity contribution in [1.29, 1.82) is 0 Å². The highest BCUT2D eigenvalue weighted by Gasteiger charge is 2.13. The summed E-state index contributed by atoms with van der Waals surface area (Å²) in [4.78, 5) is 11.7. The largest absolute Gasteiger partial charge is 0.308 e. The summed E-state index contributed by atoms with van der Waals surface area (Å²) in [5.41, 5.74) is 1.15. The maximum atomic E-state index is 13.2. The van der Waals surface area contributed by atoms with E-state index in [9.17, 15) is 9.18 Å². The van der Waals surface area contributed by atoms with E-state index in [0.717, 1.165) is 31.0 Å². The number of aromatic nitrogens is 2. The van der Waals surface area contributed by atoms with Gasteiger partial charge in [-0.15, -0.1) is 0 Å². The lowest BCUT2D eigenvalue weighted by Crippen LogP contribution is -2.16. The quantitative estimate of drug-likeness (QED) is 0.820. The number of carbonyl (C=O) groups excluding carboxylic acids is 1. The van der Waals surface area contributed by atoms with Crippen molar-refractivity contribution in [3.63, 3.8) is 0 Å². The Bertz CT molecular complexity index is 431. The van der Waals surface area contributed by atoms with Gasteiger partial charge in [-0.1, -0.05) is 11.6 Å². The number of allylic oxidation sites excluding steroid dienone is 1. The van der Waals surface area contributed by atoms with Crippen molar-refractivity contribution < 1.29 is 9.18 Å². The molecule has 1 aromatic rings. The summed E-state index contributed by atoms with van der Waals surface area (Å²) in [6.45, 7) is 0. The molecule has 1 N–H and O–H groups in total. The molecule has 0 atom stereocenters. The molecule has 0 bridgehead atoms. The Morgan fingerprint density at radius 1 is 1.59 bits per heavy atom. The van der Waals surface area contributed by atoms with Crippen LogP contribution < -0.4 is 5.32 Å². The third-order valence-electron chi connectivity index (χ3n) is 2.92. The number of anilines is 1. The molecule has 1 aromatic heterocycles. The number of aryl methyl sites for hydroxylation is 1. The lowest BCUT2D eigenvalue weighted by Gasteiger charge is -2.12. The van der Waals surface area contributed by atoms with Crippen LogP contribution in [-0.4, -0.2) is 15.7 Å². The van der Waals surface area contributed by atoms with Gasteiger partial charge in [-0.2, -0.15) is 5.10 Å². The molecule has 4 nitrogen and oxygen atoms in total. The number of hydrogen-bond acceptors (Lipinski definition) is 2. The highest BCUT2D eigenvalue weighted by molar-refractivity contribution is 5.91. The van der Waals surface area contributed by atoms with Crippen LogP contribution in [0, 0.1) is 5.82 Å². The highest BCUT2D eigenvalue weighted by Crippen LogP contribution is 2.21. The van der Waals surface area contributed by atoms with Crippen molar-refractivity contribution in [3.8, 4) is 0 Å². The van der Waals surface area contributed by atoms with Crippen LogP contribution >= 0.6 is 0 Å². The Balaban J connectivity index is 1.95. The van der Waals surface area contributed by atoms with Crippen LogP contribution in [0.1, 0.15) is 32.1 Å². The van der Waals surface area contributed by atoms with Gasteiger partial charge in [-0.25, -0.2) is 9.07 Å². The standard InChI is InChI=1S/C12H16FN3O/c1-16-12(10(13)8-14-16)15-11(17)7-9-5-3-2-4-6-9/h5,8H,2-4,6-7H2,1H3,(H,15,17). The molecule has 0 aromatic carbocycles. The monoisotopic (exact) mass is 237 g/mol. The smallest absolute Gasteiger partial charge is 0.229 e. The van der Waals surface area contributed by atoms with Gasteiger partial charge in [0.05, 0.1) is 6.20 Å². The van der Waals surface area contributed by atoms with Gasteiger partial charge in [-0.3, -0.25) is 4.79 Å². The van der Waals surface area contributed by atoms with Crippen LogP contribution in [-0.2, 0) is 11.8 Å². The first kappa shape index (κ1) is 11.8. The molecular weight excluding hydrogens is 221 g/mol. The zero-order chi connectivity index (χ0) is 12.3. The van der Waals surface area contributed by atoms with Crippen LogP contribution in [0.15, 0.2) is 17.8 Å². The van der Waals surface area contributed by atoms with Crippen LogP contribution in [0.4, 0.5) is 10.2 Å². The van der Waals surface area contributed by atoms with Gasteiger partial charge < -0.3 is 5.32 Å². The molecule has 0 spiro atoms. The van der Waals surface area contributed by atoms with E-state index in [1.807, 2.05) is 0 Å². The third kappa shape index (κ3) is 2.93. The predicted molar refractivity (Wildman–Crippen MR) is 63.0 cm³/mol. The van der Waals surface area contributed by atoms with E-state index in [1.54, 1.807) is 7.05 Å². The molecule has 0 aliphatic heterocycles. The van der Waals surface area contributed by atoms with Crippen molar-refractivity contribution in [1.82, 2.24) is 9.78 Å². The van der Waals surface area contributed by atoms with E-state index >= 15 is 0 Å². The molecule has 17 heavy (non-hydrogen) atoms. The first-order valence-corrected chi connectivity index (χ1v) is 5.82. The van der Waals surface area contributed by atoms with Crippen molar-refractivity contribution in [3.05, 3.63) is 23.7 Å². The zero-order valence-electron chi connectivity index (χ0n) is 9.87. The second-order valence-corrected chi connectivity index (χ2v) is 4.30. The van der Waals surface area contributed by atoms with Crippen LogP contribution in [0.5, 0.6) is 0 Å². The molecule has 5 heteroatoms. The number of nitrogens with zero attached hydrogens (tertiary/aromatic N) is 2. The molecule has 92 valence electrons. The molecule has 0 radical (unpaired) electrons. The van der Waals surface area contributed by atoms with Gasteiger partial charge >= 0.3 is 0 Å². The summed E-state index contributed by atoms with van der Waals surface area (Å²) in [7, 11) is 1.60. The molecule has 0 fully saturated rings. The Hall–Kier alpha value is -1.65. The number of carbonyl (C=O) groups is 1. The number of halogens is 1. The number of nitrogens with one attached hydrogen (secondary N) is 1. The molecule has 1 heterocycles. The van der Waals surface area contributed by atoms with Crippen LogP contribution in [0.2, 0.25) is 0 Å². The molecule has 1 amide bonds. The Kier molecular flexibility index (Phi) is 3.56. The SMILES string of the molecule is Cn1ncc(F)c1NC(=O)CC1=CCCCC1. The second-order valence-electron chi connectivity index (χ2n) is 4.30. The van der Waals surface area contributed by atoms with Crippen molar-refractivity contribution in [2.75, 3.05) is 5.32 Å². The Labute approximate surface area is 99.5 Å². The lowest BCUT2D eigenvalue weighted by molar-refractivity contribution is -0.115. The molecule has 0 saturated carbocycles. The molecule has 0 unspecified atom stereocenters. The number of rotatable bonds is 3. The normalized spacial score (nSPS) is 15.5. The minimum atomic E-state index is -0.501. The van der Waals surface area contributed by atoms with Gasteiger partial charge in [0.25, 0.3) is 0 Å². The van der Waals surface area contributed by atoms with Crippen LogP contribution in [0.3, 0.4) is 0 Å². The summed E-state index contributed by atoms with van der Waals surface area (Å²) in [6.07, 6.45) is 7.91.